The summed E-state index contributed by atoms with van der Waals surface area (Å²) in [5.41, 5.74) is 0. The van der Waals surface area contributed by atoms with Crippen LogP contribution in [0.15, 0.2) is 36.5 Å². The number of hydrogen-bond donors (Lipinski definition) is 1. The van der Waals surface area contributed by atoms with Crippen LogP contribution >= 0.6 is 0 Å². The third-order valence-corrected chi connectivity index (χ3v) is 2.80. The molecule has 0 aromatic carbocycles. The first-order chi connectivity index (χ1) is 8.91. The van der Waals surface area contributed by atoms with E-state index in [4.69, 9.17) is 5.11 Å². The van der Waals surface area contributed by atoms with Crippen LogP contribution in [0.3, 0.4) is 0 Å². The highest BCUT2D eigenvalue weighted by Gasteiger charge is 1.82. The Bertz CT molecular complexity index is 202. The molecule has 18 heavy (non-hydrogen) atoms. The Morgan fingerprint density at radius 1 is 0.667 bits per heavy atom. The molecule has 0 saturated carbocycles. The zero-order valence-corrected chi connectivity index (χ0v) is 12.0. The highest BCUT2D eigenvalue weighted by molar-refractivity contribution is 4.97. The lowest BCUT2D eigenvalue weighted by atomic mass is 10.2. The van der Waals surface area contributed by atoms with Crippen LogP contribution < -0.4 is 0 Å². The topological polar surface area (TPSA) is 20.2 Å². The van der Waals surface area contributed by atoms with Crippen molar-refractivity contribution in [1.82, 2.24) is 0 Å². The molecule has 0 amide bonds. The molecule has 1 nitrogen and oxygen atoms in total. The number of allylic oxidation sites excluding steroid dienone is 6. The van der Waals surface area contributed by atoms with Crippen LogP contribution in [0, 0.1) is 0 Å². The summed E-state index contributed by atoms with van der Waals surface area (Å²) in [6.45, 7) is 2.56. The Labute approximate surface area is 113 Å². The molecule has 0 heterocycles. The van der Waals surface area contributed by atoms with Crippen LogP contribution in [0.2, 0.25) is 0 Å². The van der Waals surface area contributed by atoms with Crippen LogP contribution in [-0.4, -0.2) is 11.7 Å². The SMILES string of the molecule is CCCCCC=CCC=CCC=CCCCCO. The van der Waals surface area contributed by atoms with E-state index in [9.17, 15) is 0 Å². The van der Waals surface area contributed by atoms with E-state index >= 15 is 0 Å². The average Bonchev–Trinajstić information content (AvgIpc) is 2.39. The maximum absolute atomic E-state index is 8.62. The summed E-state index contributed by atoms with van der Waals surface area (Å²) in [4.78, 5) is 0. The van der Waals surface area contributed by atoms with Crippen molar-refractivity contribution >= 4 is 0 Å². The normalized spacial score (nSPS) is 12.3. The predicted octanol–water partition coefficient (Wildman–Crippen LogP) is 5.18. The fraction of sp³-hybridized carbons (Fsp3) is 0.647. The second kappa shape index (κ2) is 16.2. The summed E-state index contributed by atoms with van der Waals surface area (Å²) >= 11 is 0. The van der Waals surface area contributed by atoms with Crippen molar-refractivity contribution in [3.05, 3.63) is 36.5 Å². The monoisotopic (exact) mass is 250 g/mol. The summed E-state index contributed by atoms with van der Waals surface area (Å²) in [7, 11) is 0. The van der Waals surface area contributed by atoms with Gasteiger partial charge in [0.05, 0.1) is 0 Å². The molecule has 104 valence electrons. The van der Waals surface area contributed by atoms with Gasteiger partial charge < -0.3 is 5.11 Å². The molecule has 0 aliphatic rings. The highest BCUT2D eigenvalue weighted by atomic mass is 16.2. The third kappa shape index (κ3) is 15.2. The third-order valence-electron chi connectivity index (χ3n) is 2.80. The largest absolute Gasteiger partial charge is 0.396 e. The Morgan fingerprint density at radius 2 is 1.17 bits per heavy atom. The quantitative estimate of drug-likeness (QED) is 0.374. The summed E-state index contributed by atoms with van der Waals surface area (Å²) in [6, 6.07) is 0. The predicted molar refractivity (Wildman–Crippen MR) is 81.7 cm³/mol. The van der Waals surface area contributed by atoms with Crippen molar-refractivity contribution in [3.8, 4) is 0 Å². The number of rotatable bonds is 12. The zero-order chi connectivity index (χ0) is 13.3. The van der Waals surface area contributed by atoms with Crippen molar-refractivity contribution in [3.63, 3.8) is 0 Å². The Morgan fingerprint density at radius 3 is 1.67 bits per heavy atom. The fourth-order valence-corrected chi connectivity index (χ4v) is 1.66. The minimum atomic E-state index is 0.318. The second-order valence-corrected chi connectivity index (χ2v) is 4.60. The van der Waals surface area contributed by atoms with Gasteiger partial charge in [0.25, 0.3) is 0 Å². The first-order valence-corrected chi connectivity index (χ1v) is 7.47. The fourth-order valence-electron chi connectivity index (χ4n) is 1.66. The maximum Gasteiger partial charge on any atom is 0.0431 e. The summed E-state index contributed by atoms with van der Waals surface area (Å²) in [5, 5.41) is 8.62. The number of aliphatic hydroxyl groups excluding tert-OH is 1. The number of aliphatic hydroxyl groups is 1. The van der Waals surface area contributed by atoms with Crippen molar-refractivity contribution in [2.75, 3.05) is 6.61 Å². The Balaban J connectivity index is 3.27. The molecule has 0 unspecified atom stereocenters. The Hall–Kier alpha value is -0.820. The average molecular weight is 250 g/mol. The summed E-state index contributed by atoms with van der Waals surface area (Å²) < 4.78 is 0. The lowest BCUT2D eigenvalue weighted by molar-refractivity contribution is 0.285. The second-order valence-electron chi connectivity index (χ2n) is 4.60. The van der Waals surface area contributed by atoms with Gasteiger partial charge in [0, 0.05) is 6.61 Å². The molecule has 1 N–H and O–H groups in total. The lowest BCUT2D eigenvalue weighted by Crippen LogP contribution is -1.79. The van der Waals surface area contributed by atoms with E-state index in [0.717, 1.165) is 32.1 Å². The molecule has 0 aliphatic carbocycles. The van der Waals surface area contributed by atoms with Gasteiger partial charge in [-0.1, -0.05) is 56.2 Å². The minimum absolute atomic E-state index is 0.318. The van der Waals surface area contributed by atoms with Crippen molar-refractivity contribution in [2.24, 2.45) is 0 Å². The molecular formula is C17H30O. The maximum atomic E-state index is 8.62. The van der Waals surface area contributed by atoms with Gasteiger partial charge in [0.2, 0.25) is 0 Å². The van der Waals surface area contributed by atoms with Crippen LogP contribution in [-0.2, 0) is 0 Å². The standard InChI is InChI=1S/C17H30O/c1-2-3-4-5-6-7-8-9-10-11-12-13-14-15-16-17-18/h6-7,9-10,12-13,18H,2-5,8,11,14-17H2,1H3. The molecule has 0 radical (unpaired) electrons. The van der Waals surface area contributed by atoms with Gasteiger partial charge in [-0.2, -0.15) is 0 Å². The molecule has 0 aromatic heterocycles. The van der Waals surface area contributed by atoms with Gasteiger partial charge in [0.15, 0.2) is 0 Å². The number of unbranched alkanes of at least 4 members (excludes halogenated alkanes) is 5. The lowest BCUT2D eigenvalue weighted by Gasteiger charge is -1.91. The van der Waals surface area contributed by atoms with Gasteiger partial charge in [0.1, 0.15) is 0 Å². The molecule has 1 heteroatoms. The summed E-state index contributed by atoms with van der Waals surface area (Å²) in [5.74, 6) is 0. The molecule has 0 atom stereocenters. The van der Waals surface area contributed by atoms with Crippen molar-refractivity contribution < 1.29 is 5.11 Å². The molecule has 0 spiro atoms. The van der Waals surface area contributed by atoms with Gasteiger partial charge in [-0.05, 0) is 44.9 Å². The molecule has 0 saturated heterocycles. The van der Waals surface area contributed by atoms with E-state index in [2.05, 4.69) is 43.4 Å². The smallest absolute Gasteiger partial charge is 0.0431 e. The molecule has 0 fully saturated rings. The van der Waals surface area contributed by atoms with E-state index in [0.29, 0.717) is 6.61 Å². The number of hydrogen-bond acceptors (Lipinski definition) is 1. The van der Waals surface area contributed by atoms with E-state index in [1.807, 2.05) is 0 Å². The van der Waals surface area contributed by atoms with Crippen LogP contribution in [0.5, 0.6) is 0 Å². The highest BCUT2D eigenvalue weighted by Crippen LogP contribution is 2.01. The van der Waals surface area contributed by atoms with E-state index < -0.39 is 0 Å². The van der Waals surface area contributed by atoms with Crippen molar-refractivity contribution in [1.29, 1.82) is 0 Å². The van der Waals surface area contributed by atoms with E-state index in [1.54, 1.807) is 0 Å². The Kier molecular flexibility index (Phi) is 15.4. The first kappa shape index (κ1) is 17.2. The van der Waals surface area contributed by atoms with Gasteiger partial charge in [-0.25, -0.2) is 0 Å². The molecule has 0 aliphatic heterocycles. The first-order valence-electron chi connectivity index (χ1n) is 7.47. The van der Waals surface area contributed by atoms with Crippen molar-refractivity contribution in [2.45, 2.75) is 64.7 Å². The minimum Gasteiger partial charge on any atom is -0.396 e. The summed E-state index contributed by atoms with van der Waals surface area (Å²) in [6.07, 6.45) is 23.8. The van der Waals surface area contributed by atoms with Gasteiger partial charge in [-0.3, -0.25) is 0 Å². The molecule has 0 bridgehead atoms. The molecule has 0 aromatic rings. The van der Waals surface area contributed by atoms with Crippen LogP contribution in [0.4, 0.5) is 0 Å². The molecular weight excluding hydrogens is 220 g/mol. The van der Waals surface area contributed by atoms with Crippen LogP contribution in [0.25, 0.3) is 0 Å². The molecule has 0 rings (SSSR count). The van der Waals surface area contributed by atoms with Gasteiger partial charge >= 0.3 is 0 Å². The van der Waals surface area contributed by atoms with E-state index in [-0.39, 0.29) is 0 Å². The zero-order valence-electron chi connectivity index (χ0n) is 12.0. The van der Waals surface area contributed by atoms with Crippen LogP contribution in [0.1, 0.15) is 64.7 Å². The van der Waals surface area contributed by atoms with E-state index in [1.165, 1.54) is 25.7 Å². The van der Waals surface area contributed by atoms with Gasteiger partial charge in [-0.15, -0.1) is 0 Å².